The van der Waals surface area contributed by atoms with Crippen molar-refractivity contribution in [3.63, 3.8) is 0 Å². The number of amides is 1. The fourth-order valence-corrected chi connectivity index (χ4v) is 2.45. The van der Waals surface area contributed by atoms with Crippen LogP contribution in [0.3, 0.4) is 0 Å². The molecule has 0 radical (unpaired) electrons. The standard InChI is InChI=1S/C15H15N3O/c19-15(12-4-1-7-16-10-12)18-13-5-6-14-11(9-13)3-2-8-17-14/h1-4,7-8,10,13H,5-6,9H2,(H,18,19). The number of aryl methyl sites for hydroxylation is 1. The highest BCUT2D eigenvalue weighted by Crippen LogP contribution is 2.19. The molecule has 3 rings (SSSR count). The summed E-state index contributed by atoms with van der Waals surface area (Å²) in [5, 5.41) is 3.07. The van der Waals surface area contributed by atoms with Crippen molar-refractivity contribution in [3.05, 3.63) is 59.7 Å². The molecule has 0 aromatic carbocycles. The van der Waals surface area contributed by atoms with Crippen molar-refractivity contribution in [2.24, 2.45) is 0 Å². The van der Waals surface area contributed by atoms with E-state index < -0.39 is 0 Å². The van der Waals surface area contributed by atoms with Gasteiger partial charge in [-0.25, -0.2) is 0 Å². The molecule has 1 unspecified atom stereocenters. The highest BCUT2D eigenvalue weighted by molar-refractivity contribution is 5.94. The second-order valence-electron chi connectivity index (χ2n) is 4.76. The van der Waals surface area contributed by atoms with Crippen LogP contribution in [-0.4, -0.2) is 21.9 Å². The molecule has 0 saturated carbocycles. The summed E-state index contributed by atoms with van der Waals surface area (Å²) >= 11 is 0. The van der Waals surface area contributed by atoms with Crippen LogP contribution in [0.4, 0.5) is 0 Å². The van der Waals surface area contributed by atoms with E-state index in [1.165, 1.54) is 5.56 Å². The van der Waals surface area contributed by atoms with E-state index in [1.54, 1.807) is 24.5 Å². The Labute approximate surface area is 111 Å². The highest BCUT2D eigenvalue weighted by atomic mass is 16.1. The summed E-state index contributed by atoms with van der Waals surface area (Å²) in [5.74, 6) is -0.0505. The van der Waals surface area contributed by atoms with Gasteiger partial charge in [0.25, 0.3) is 5.91 Å². The van der Waals surface area contributed by atoms with Gasteiger partial charge in [0.2, 0.25) is 0 Å². The van der Waals surface area contributed by atoms with Crippen molar-refractivity contribution in [1.29, 1.82) is 0 Å². The molecule has 4 heteroatoms. The van der Waals surface area contributed by atoms with Gasteiger partial charge in [-0.3, -0.25) is 14.8 Å². The maximum absolute atomic E-state index is 12.1. The van der Waals surface area contributed by atoms with Crippen molar-refractivity contribution in [2.75, 3.05) is 0 Å². The molecule has 1 atom stereocenters. The summed E-state index contributed by atoms with van der Waals surface area (Å²) < 4.78 is 0. The number of fused-ring (bicyclic) bond motifs is 1. The van der Waals surface area contributed by atoms with Crippen LogP contribution in [-0.2, 0) is 12.8 Å². The van der Waals surface area contributed by atoms with Crippen LogP contribution in [0.5, 0.6) is 0 Å². The molecule has 0 fully saturated rings. The monoisotopic (exact) mass is 253 g/mol. The van der Waals surface area contributed by atoms with Gasteiger partial charge < -0.3 is 5.32 Å². The first-order valence-electron chi connectivity index (χ1n) is 6.46. The van der Waals surface area contributed by atoms with Crippen molar-refractivity contribution >= 4 is 5.91 Å². The number of nitrogens with zero attached hydrogens (tertiary/aromatic N) is 2. The summed E-state index contributed by atoms with van der Waals surface area (Å²) in [7, 11) is 0. The smallest absolute Gasteiger partial charge is 0.253 e. The van der Waals surface area contributed by atoms with Crippen LogP contribution < -0.4 is 5.32 Å². The molecule has 0 aliphatic heterocycles. The lowest BCUT2D eigenvalue weighted by Gasteiger charge is -2.24. The highest BCUT2D eigenvalue weighted by Gasteiger charge is 2.21. The Morgan fingerprint density at radius 3 is 3.00 bits per heavy atom. The van der Waals surface area contributed by atoms with Crippen molar-refractivity contribution in [3.8, 4) is 0 Å². The molecule has 4 nitrogen and oxygen atoms in total. The lowest BCUT2D eigenvalue weighted by atomic mass is 9.92. The van der Waals surface area contributed by atoms with Gasteiger partial charge >= 0.3 is 0 Å². The predicted molar refractivity (Wildman–Crippen MR) is 71.8 cm³/mol. The molecular weight excluding hydrogens is 238 g/mol. The van der Waals surface area contributed by atoms with Crippen LogP contribution in [0.25, 0.3) is 0 Å². The van der Waals surface area contributed by atoms with Gasteiger partial charge in [0.05, 0.1) is 5.56 Å². The number of pyridine rings is 2. The molecular formula is C15H15N3O. The quantitative estimate of drug-likeness (QED) is 0.887. The molecule has 1 N–H and O–H groups in total. The molecule has 2 aromatic rings. The molecule has 1 amide bonds. The van der Waals surface area contributed by atoms with Crippen LogP contribution in [0, 0.1) is 0 Å². The lowest BCUT2D eigenvalue weighted by Crippen LogP contribution is -2.39. The summed E-state index contributed by atoms with van der Waals surface area (Å²) in [4.78, 5) is 20.4. The van der Waals surface area contributed by atoms with E-state index in [9.17, 15) is 4.79 Å². The third-order valence-corrected chi connectivity index (χ3v) is 3.44. The minimum absolute atomic E-state index is 0.0505. The molecule has 0 bridgehead atoms. The predicted octanol–water partition coefficient (Wildman–Crippen LogP) is 1.76. The van der Waals surface area contributed by atoms with Crippen LogP contribution >= 0.6 is 0 Å². The van der Waals surface area contributed by atoms with E-state index in [2.05, 4.69) is 21.4 Å². The number of carbonyl (C=O) groups is 1. The normalized spacial score (nSPS) is 17.6. The topological polar surface area (TPSA) is 54.9 Å². The maximum Gasteiger partial charge on any atom is 0.253 e. The Morgan fingerprint density at radius 2 is 2.16 bits per heavy atom. The zero-order valence-corrected chi connectivity index (χ0v) is 10.5. The fourth-order valence-electron chi connectivity index (χ4n) is 2.45. The van der Waals surface area contributed by atoms with Crippen LogP contribution in [0.2, 0.25) is 0 Å². The maximum atomic E-state index is 12.1. The summed E-state index contributed by atoms with van der Waals surface area (Å²) in [6, 6.07) is 7.77. The Hall–Kier alpha value is -2.23. The summed E-state index contributed by atoms with van der Waals surface area (Å²) in [6.45, 7) is 0. The number of rotatable bonds is 2. The summed E-state index contributed by atoms with van der Waals surface area (Å²) in [6.07, 6.45) is 7.81. The van der Waals surface area contributed by atoms with Crippen molar-refractivity contribution < 1.29 is 4.79 Å². The molecule has 1 aliphatic carbocycles. The Bertz CT molecular complexity index is 583. The van der Waals surface area contributed by atoms with Gasteiger partial charge in [0.1, 0.15) is 0 Å². The number of hydrogen-bond acceptors (Lipinski definition) is 3. The average molecular weight is 253 g/mol. The van der Waals surface area contributed by atoms with Gasteiger partial charge in [-0.2, -0.15) is 0 Å². The largest absolute Gasteiger partial charge is 0.349 e. The van der Waals surface area contributed by atoms with Gasteiger partial charge in [-0.15, -0.1) is 0 Å². The zero-order chi connectivity index (χ0) is 13.1. The first-order chi connectivity index (χ1) is 9.33. The van der Waals surface area contributed by atoms with Gasteiger partial charge in [-0.1, -0.05) is 6.07 Å². The molecule has 1 aliphatic rings. The second kappa shape index (κ2) is 5.18. The molecule has 0 spiro atoms. The van der Waals surface area contributed by atoms with Crippen molar-refractivity contribution in [2.45, 2.75) is 25.3 Å². The first kappa shape index (κ1) is 11.8. The van der Waals surface area contributed by atoms with E-state index in [0.717, 1.165) is 25.0 Å². The molecule has 2 aromatic heterocycles. The van der Waals surface area contributed by atoms with Crippen molar-refractivity contribution in [1.82, 2.24) is 15.3 Å². The average Bonchev–Trinajstić information content (AvgIpc) is 2.48. The third kappa shape index (κ3) is 2.62. The Morgan fingerprint density at radius 1 is 1.26 bits per heavy atom. The number of carbonyl (C=O) groups excluding carboxylic acids is 1. The van der Waals surface area contributed by atoms with Gasteiger partial charge in [0, 0.05) is 30.3 Å². The van der Waals surface area contributed by atoms with Gasteiger partial charge in [0.15, 0.2) is 0 Å². The number of aromatic nitrogens is 2. The SMILES string of the molecule is O=C(NC1CCc2ncccc2C1)c1cccnc1. The second-order valence-corrected chi connectivity index (χ2v) is 4.76. The van der Waals surface area contributed by atoms with E-state index in [4.69, 9.17) is 0 Å². The van der Waals surface area contributed by atoms with Crippen LogP contribution in [0.1, 0.15) is 28.0 Å². The third-order valence-electron chi connectivity index (χ3n) is 3.44. The zero-order valence-electron chi connectivity index (χ0n) is 10.5. The molecule has 96 valence electrons. The number of nitrogens with one attached hydrogen (secondary N) is 1. The van der Waals surface area contributed by atoms with E-state index in [1.807, 2.05) is 12.3 Å². The molecule has 2 heterocycles. The van der Waals surface area contributed by atoms with Crippen LogP contribution in [0.15, 0.2) is 42.9 Å². The molecule has 0 saturated heterocycles. The number of hydrogen-bond donors (Lipinski definition) is 1. The van der Waals surface area contributed by atoms with Gasteiger partial charge in [-0.05, 0) is 43.0 Å². The minimum Gasteiger partial charge on any atom is -0.349 e. The Balaban J connectivity index is 1.68. The van der Waals surface area contributed by atoms with E-state index >= 15 is 0 Å². The lowest BCUT2D eigenvalue weighted by molar-refractivity contribution is 0.0933. The minimum atomic E-state index is -0.0505. The van der Waals surface area contributed by atoms with E-state index in [-0.39, 0.29) is 11.9 Å². The van der Waals surface area contributed by atoms with E-state index in [0.29, 0.717) is 5.56 Å². The molecule has 19 heavy (non-hydrogen) atoms. The summed E-state index contributed by atoms with van der Waals surface area (Å²) in [5.41, 5.74) is 3.01. The first-order valence-corrected chi connectivity index (χ1v) is 6.46. The Kier molecular flexibility index (Phi) is 3.23. The fraction of sp³-hybridized carbons (Fsp3) is 0.267.